The Hall–Kier alpha value is -4.46. The van der Waals surface area contributed by atoms with Gasteiger partial charge in [-0.25, -0.2) is 9.78 Å². The lowest BCUT2D eigenvalue weighted by atomic mass is 9.90. The van der Waals surface area contributed by atoms with Crippen LogP contribution in [0.3, 0.4) is 0 Å². The molecule has 2 aromatic heterocycles. The number of benzene rings is 2. The highest BCUT2D eigenvalue weighted by Gasteiger charge is 2.49. The van der Waals surface area contributed by atoms with Gasteiger partial charge in [-0.3, -0.25) is 14.5 Å². The molecule has 3 heterocycles. The van der Waals surface area contributed by atoms with Crippen molar-refractivity contribution in [2.45, 2.75) is 26.3 Å². The number of rotatable bonds is 6. The molecular formula is C28H26N4O4. The van der Waals surface area contributed by atoms with Crippen molar-refractivity contribution in [1.82, 2.24) is 19.8 Å². The van der Waals surface area contributed by atoms with E-state index in [1.807, 2.05) is 73.0 Å². The van der Waals surface area contributed by atoms with Gasteiger partial charge in [0.2, 0.25) is 0 Å². The molecule has 5 rings (SSSR count). The maximum Gasteiger partial charge on any atom is 0.325 e. The quantitative estimate of drug-likeness (QED) is 0.327. The predicted molar refractivity (Wildman–Crippen MR) is 135 cm³/mol. The summed E-state index contributed by atoms with van der Waals surface area (Å²) < 4.78 is 7.16. The second kappa shape index (κ2) is 8.64. The minimum absolute atomic E-state index is 0.316. The van der Waals surface area contributed by atoms with Gasteiger partial charge < -0.3 is 14.6 Å². The number of hydrogen-bond donors (Lipinski definition) is 1. The van der Waals surface area contributed by atoms with Crippen molar-refractivity contribution in [2.75, 3.05) is 13.7 Å². The third-order valence-corrected chi connectivity index (χ3v) is 6.81. The molecule has 182 valence electrons. The van der Waals surface area contributed by atoms with Crippen LogP contribution in [0, 0.1) is 13.8 Å². The van der Waals surface area contributed by atoms with Crippen LogP contribution in [0.5, 0.6) is 5.75 Å². The van der Waals surface area contributed by atoms with Crippen molar-refractivity contribution in [3.63, 3.8) is 0 Å². The summed E-state index contributed by atoms with van der Waals surface area (Å²) in [7, 11) is 1.61. The van der Waals surface area contributed by atoms with Crippen molar-refractivity contribution in [1.29, 1.82) is 0 Å². The molecule has 0 saturated carbocycles. The zero-order chi connectivity index (χ0) is 25.6. The van der Waals surface area contributed by atoms with Gasteiger partial charge in [0.05, 0.1) is 13.7 Å². The Labute approximate surface area is 208 Å². The first-order valence-electron chi connectivity index (χ1n) is 11.6. The van der Waals surface area contributed by atoms with E-state index in [0.29, 0.717) is 22.6 Å². The number of fused-ring (bicyclic) bond motifs is 1. The minimum atomic E-state index is -1.28. The van der Waals surface area contributed by atoms with E-state index in [1.165, 1.54) is 0 Å². The molecular weight excluding hydrogens is 456 g/mol. The summed E-state index contributed by atoms with van der Waals surface area (Å²) in [6, 6.07) is 18.0. The Morgan fingerprint density at radius 3 is 2.50 bits per heavy atom. The Kier molecular flexibility index (Phi) is 5.59. The van der Waals surface area contributed by atoms with Crippen molar-refractivity contribution in [2.24, 2.45) is 0 Å². The zero-order valence-electron chi connectivity index (χ0n) is 20.5. The first-order valence-corrected chi connectivity index (χ1v) is 11.6. The van der Waals surface area contributed by atoms with Crippen LogP contribution in [0.25, 0.3) is 16.6 Å². The molecule has 1 atom stereocenters. The minimum Gasteiger partial charge on any atom is -0.497 e. The van der Waals surface area contributed by atoms with Gasteiger partial charge in [0.1, 0.15) is 17.1 Å². The molecule has 1 N–H and O–H groups in total. The van der Waals surface area contributed by atoms with E-state index < -0.39 is 17.5 Å². The number of amides is 3. The Morgan fingerprint density at radius 2 is 1.78 bits per heavy atom. The first kappa shape index (κ1) is 23.3. The van der Waals surface area contributed by atoms with Crippen LogP contribution in [0.4, 0.5) is 4.79 Å². The third-order valence-electron chi connectivity index (χ3n) is 6.81. The van der Waals surface area contributed by atoms with E-state index in [0.717, 1.165) is 27.1 Å². The molecule has 1 aliphatic rings. The number of methoxy groups -OCH3 is 1. The molecule has 2 aromatic carbocycles. The van der Waals surface area contributed by atoms with Gasteiger partial charge in [0, 0.05) is 23.1 Å². The van der Waals surface area contributed by atoms with Crippen LogP contribution < -0.4 is 10.1 Å². The fourth-order valence-electron chi connectivity index (χ4n) is 4.81. The summed E-state index contributed by atoms with van der Waals surface area (Å²) in [6.07, 6.45) is 1.69. The Bertz CT molecular complexity index is 1530. The maximum atomic E-state index is 13.5. The standard InChI is InChI=1S/C28H26N4O4/c1-17-13-23(18(2)32(17)25-7-5-6-12-29-25)24(33)16-31-26(34)28(3,30-27(31)35)21-10-8-20-15-22(36-4)11-9-19(20)14-21/h5-15H,16H2,1-4H3,(H,30,35)/t28-/m1/s1. The summed E-state index contributed by atoms with van der Waals surface area (Å²) in [6.45, 7) is 5.03. The van der Waals surface area contributed by atoms with Gasteiger partial charge in [0.25, 0.3) is 5.91 Å². The fourth-order valence-corrected chi connectivity index (χ4v) is 4.81. The maximum absolute atomic E-state index is 13.5. The summed E-state index contributed by atoms with van der Waals surface area (Å²) in [4.78, 5) is 45.0. The number of nitrogens with one attached hydrogen (secondary N) is 1. The second-order valence-corrected chi connectivity index (χ2v) is 9.11. The number of aryl methyl sites for hydroxylation is 1. The SMILES string of the molecule is COc1ccc2cc([C@@]3(C)NC(=O)N(CC(=O)c4cc(C)n(-c5ccccn5)c4C)C3=O)ccc2c1. The number of Topliss-reactive ketones (excluding diaryl/α,β-unsaturated/α-hetero) is 1. The molecule has 1 saturated heterocycles. The summed E-state index contributed by atoms with van der Waals surface area (Å²) in [5, 5.41) is 4.66. The molecule has 1 aliphatic heterocycles. The molecule has 0 radical (unpaired) electrons. The summed E-state index contributed by atoms with van der Waals surface area (Å²) >= 11 is 0. The lowest BCUT2D eigenvalue weighted by molar-refractivity contribution is -0.130. The number of hydrogen-bond acceptors (Lipinski definition) is 5. The molecule has 0 unspecified atom stereocenters. The molecule has 8 heteroatoms. The zero-order valence-corrected chi connectivity index (χ0v) is 20.5. The predicted octanol–water partition coefficient (Wildman–Crippen LogP) is 4.30. The molecule has 3 amide bonds. The lowest BCUT2D eigenvalue weighted by Crippen LogP contribution is -2.41. The largest absolute Gasteiger partial charge is 0.497 e. The van der Waals surface area contributed by atoms with Crippen LogP contribution in [-0.2, 0) is 10.3 Å². The van der Waals surface area contributed by atoms with E-state index >= 15 is 0 Å². The molecule has 36 heavy (non-hydrogen) atoms. The Balaban J connectivity index is 1.41. The molecule has 0 bridgehead atoms. The van der Waals surface area contributed by atoms with Gasteiger partial charge in [-0.1, -0.05) is 24.3 Å². The number of carbonyl (C=O) groups excluding carboxylic acids is 3. The van der Waals surface area contributed by atoms with Crippen molar-refractivity contribution >= 4 is 28.5 Å². The van der Waals surface area contributed by atoms with E-state index in [-0.39, 0.29) is 12.3 Å². The number of ketones is 1. The van der Waals surface area contributed by atoms with Crippen LogP contribution >= 0.6 is 0 Å². The normalized spacial score (nSPS) is 17.5. The van der Waals surface area contributed by atoms with Gasteiger partial charge in [-0.2, -0.15) is 0 Å². The molecule has 4 aromatic rings. The average molecular weight is 483 g/mol. The van der Waals surface area contributed by atoms with Crippen LogP contribution in [-0.4, -0.2) is 45.8 Å². The van der Waals surface area contributed by atoms with Gasteiger partial charge in [0.15, 0.2) is 5.78 Å². The highest BCUT2D eigenvalue weighted by molar-refractivity contribution is 6.11. The molecule has 1 fully saturated rings. The third kappa shape index (κ3) is 3.71. The summed E-state index contributed by atoms with van der Waals surface area (Å²) in [5.74, 6) is 0.651. The van der Waals surface area contributed by atoms with Gasteiger partial charge in [-0.15, -0.1) is 0 Å². The van der Waals surface area contributed by atoms with Gasteiger partial charge >= 0.3 is 6.03 Å². The number of nitrogens with zero attached hydrogens (tertiary/aromatic N) is 3. The summed E-state index contributed by atoms with van der Waals surface area (Å²) in [5.41, 5.74) is 1.35. The molecule has 8 nitrogen and oxygen atoms in total. The van der Waals surface area contributed by atoms with Crippen molar-refractivity contribution in [3.8, 4) is 11.6 Å². The molecule has 0 aliphatic carbocycles. The Morgan fingerprint density at radius 1 is 1.03 bits per heavy atom. The highest BCUT2D eigenvalue weighted by atomic mass is 16.5. The van der Waals surface area contributed by atoms with E-state index in [9.17, 15) is 14.4 Å². The number of aromatic nitrogens is 2. The number of ether oxygens (including phenoxy) is 1. The first-order chi connectivity index (χ1) is 17.2. The van der Waals surface area contributed by atoms with Crippen molar-refractivity contribution in [3.05, 3.63) is 89.4 Å². The smallest absolute Gasteiger partial charge is 0.325 e. The number of imide groups is 1. The number of carbonyl (C=O) groups is 3. The highest BCUT2D eigenvalue weighted by Crippen LogP contribution is 2.32. The van der Waals surface area contributed by atoms with Crippen LogP contribution in [0.15, 0.2) is 66.9 Å². The molecule has 0 spiro atoms. The number of urea groups is 1. The lowest BCUT2D eigenvalue weighted by Gasteiger charge is -2.22. The second-order valence-electron chi connectivity index (χ2n) is 9.11. The van der Waals surface area contributed by atoms with Crippen LogP contribution in [0.1, 0.15) is 34.2 Å². The van der Waals surface area contributed by atoms with E-state index in [2.05, 4.69) is 10.3 Å². The van der Waals surface area contributed by atoms with Crippen LogP contribution in [0.2, 0.25) is 0 Å². The monoisotopic (exact) mass is 482 g/mol. The fraction of sp³-hybridized carbons (Fsp3) is 0.214. The average Bonchev–Trinajstić information content (AvgIpc) is 3.30. The number of pyridine rings is 1. The van der Waals surface area contributed by atoms with Crippen molar-refractivity contribution < 1.29 is 19.1 Å². The topological polar surface area (TPSA) is 93.5 Å². The van der Waals surface area contributed by atoms with E-state index in [1.54, 1.807) is 26.3 Å². The van der Waals surface area contributed by atoms with E-state index in [4.69, 9.17) is 4.74 Å². The van der Waals surface area contributed by atoms with Gasteiger partial charge in [-0.05, 0) is 73.5 Å².